The summed E-state index contributed by atoms with van der Waals surface area (Å²) in [5.41, 5.74) is -0.306. The highest BCUT2D eigenvalue weighted by atomic mass is 32.2. The number of carbonyl (C=O) groups is 1. The number of hydrogen-bond donors (Lipinski definition) is 3. The molecule has 136 valence electrons. The van der Waals surface area contributed by atoms with Crippen molar-refractivity contribution in [2.45, 2.75) is 25.1 Å². The van der Waals surface area contributed by atoms with Crippen LogP contribution in [-0.4, -0.2) is 31.8 Å². The molecular formula is C15H15N5O5S. The van der Waals surface area contributed by atoms with Crippen molar-refractivity contribution in [3.05, 3.63) is 62.1 Å². The highest BCUT2D eigenvalue weighted by Gasteiger charge is 2.14. The lowest BCUT2D eigenvalue weighted by Gasteiger charge is -2.01. The second-order valence-electron chi connectivity index (χ2n) is 5.30. The summed E-state index contributed by atoms with van der Waals surface area (Å²) in [5.74, 6) is 0.758. The van der Waals surface area contributed by atoms with Crippen molar-refractivity contribution in [1.29, 1.82) is 0 Å². The number of thioether (sulfide) groups is 1. The van der Waals surface area contributed by atoms with E-state index in [9.17, 15) is 14.4 Å². The van der Waals surface area contributed by atoms with Gasteiger partial charge in [-0.1, -0.05) is 11.8 Å². The van der Waals surface area contributed by atoms with E-state index in [1.54, 1.807) is 19.1 Å². The minimum absolute atomic E-state index is 0.0796. The Hall–Kier alpha value is -3.08. The molecule has 3 aromatic heterocycles. The number of aromatic nitrogens is 4. The average Bonchev–Trinajstić information content (AvgIpc) is 3.26. The summed E-state index contributed by atoms with van der Waals surface area (Å²) in [6.07, 6.45) is 1.61. The molecule has 0 aliphatic heterocycles. The van der Waals surface area contributed by atoms with Gasteiger partial charge in [0.1, 0.15) is 5.76 Å². The Kier molecular flexibility index (Phi) is 5.37. The average molecular weight is 377 g/mol. The molecule has 0 aliphatic carbocycles. The van der Waals surface area contributed by atoms with Gasteiger partial charge in [0.25, 0.3) is 10.8 Å². The molecule has 0 radical (unpaired) electrons. The van der Waals surface area contributed by atoms with Gasteiger partial charge in [0.2, 0.25) is 11.8 Å². The fourth-order valence-electron chi connectivity index (χ4n) is 2.14. The first-order valence-electron chi connectivity index (χ1n) is 7.57. The van der Waals surface area contributed by atoms with Gasteiger partial charge < -0.3 is 19.1 Å². The molecule has 11 heteroatoms. The number of nitrogens with one attached hydrogen (secondary N) is 3. The number of carbonyl (C=O) groups excluding carboxylic acids is 1. The van der Waals surface area contributed by atoms with Gasteiger partial charge in [0, 0.05) is 11.3 Å². The van der Waals surface area contributed by atoms with Gasteiger partial charge in [-0.2, -0.15) is 0 Å². The molecule has 1 amide bonds. The fourth-order valence-corrected chi connectivity index (χ4v) is 2.75. The van der Waals surface area contributed by atoms with Crippen LogP contribution in [0.4, 0.5) is 0 Å². The zero-order valence-corrected chi connectivity index (χ0v) is 14.5. The van der Waals surface area contributed by atoms with E-state index in [-0.39, 0.29) is 29.2 Å². The molecule has 3 N–H and O–H groups in total. The van der Waals surface area contributed by atoms with Crippen molar-refractivity contribution in [2.75, 3.05) is 5.75 Å². The molecule has 0 bridgehead atoms. The van der Waals surface area contributed by atoms with Crippen LogP contribution in [0.15, 0.2) is 42.0 Å². The maximum absolute atomic E-state index is 11.8. The zero-order chi connectivity index (χ0) is 18.5. The summed E-state index contributed by atoms with van der Waals surface area (Å²) in [7, 11) is 0. The molecule has 10 nitrogen and oxygen atoms in total. The lowest BCUT2D eigenvalue weighted by Crippen LogP contribution is -2.27. The third-order valence-corrected chi connectivity index (χ3v) is 4.22. The summed E-state index contributed by atoms with van der Waals surface area (Å²) in [6.45, 7) is 1.91. The number of nitrogens with zero attached hydrogens (tertiary/aromatic N) is 2. The summed E-state index contributed by atoms with van der Waals surface area (Å²) in [6, 6.07) is 3.50. The number of aryl methyl sites for hydroxylation is 1. The molecule has 3 rings (SSSR count). The molecule has 0 saturated heterocycles. The van der Waals surface area contributed by atoms with Crippen LogP contribution in [0.25, 0.3) is 0 Å². The van der Waals surface area contributed by atoms with Gasteiger partial charge in [-0.05, 0) is 19.1 Å². The van der Waals surface area contributed by atoms with Gasteiger partial charge >= 0.3 is 5.69 Å². The molecule has 0 saturated carbocycles. The van der Waals surface area contributed by atoms with E-state index >= 15 is 0 Å². The Bertz CT molecular complexity index is 1000. The van der Waals surface area contributed by atoms with E-state index in [4.69, 9.17) is 8.83 Å². The van der Waals surface area contributed by atoms with Crippen molar-refractivity contribution >= 4 is 17.7 Å². The summed E-state index contributed by atoms with van der Waals surface area (Å²) < 4.78 is 10.5. The second kappa shape index (κ2) is 7.87. The Balaban J connectivity index is 1.54. The predicted octanol–water partition coefficient (Wildman–Crippen LogP) is 0.347. The summed E-state index contributed by atoms with van der Waals surface area (Å²) >= 11 is 1.08. The number of hydrogen-bond acceptors (Lipinski definition) is 8. The first kappa shape index (κ1) is 17.7. The Morgan fingerprint density at radius 3 is 2.88 bits per heavy atom. The standard InChI is InChI=1S/C15H15N5O5S/c1-8-10(13(22)18-14(23)17-8)5-12-19-20-15(25-12)26-7-11(21)16-6-9-3-2-4-24-9/h2-4H,5-7H2,1H3,(H,16,21)(H2,17,18,22,23). The summed E-state index contributed by atoms with van der Waals surface area (Å²) in [4.78, 5) is 39.5. The number of H-pyrrole nitrogens is 2. The lowest BCUT2D eigenvalue weighted by molar-refractivity contribution is -0.118. The third kappa shape index (κ3) is 4.51. The van der Waals surface area contributed by atoms with Crippen LogP contribution in [0.3, 0.4) is 0 Å². The van der Waals surface area contributed by atoms with Crippen LogP contribution in [0.5, 0.6) is 0 Å². The molecule has 3 aromatic rings. The monoisotopic (exact) mass is 377 g/mol. The normalized spacial score (nSPS) is 10.8. The molecule has 0 unspecified atom stereocenters. The van der Waals surface area contributed by atoms with Gasteiger partial charge in [0.05, 0.1) is 25.0 Å². The molecule has 0 aromatic carbocycles. The SMILES string of the molecule is Cc1[nH]c(=O)[nH]c(=O)c1Cc1nnc(SCC(=O)NCc2ccco2)o1. The number of amides is 1. The molecule has 0 aliphatic rings. The lowest BCUT2D eigenvalue weighted by atomic mass is 10.2. The first-order chi connectivity index (χ1) is 12.5. The Morgan fingerprint density at radius 1 is 1.31 bits per heavy atom. The van der Waals surface area contributed by atoms with E-state index in [0.717, 1.165) is 11.8 Å². The number of rotatable bonds is 7. The van der Waals surface area contributed by atoms with Crippen molar-refractivity contribution < 1.29 is 13.6 Å². The van der Waals surface area contributed by atoms with E-state index in [1.807, 2.05) is 0 Å². The van der Waals surface area contributed by atoms with E-state index in [2.05, 4.69) is 25.5 Å². The minimum Gasteiger partial charge on any atom is -0.467 e. The third-order valence-electron chi connectivity index (χ3n) is 3.40. The highest BCUT2D eigenvalue weighted by Crippen LogP contribution is 2.17. The van der Waals surface area contributed by atoms with Crippen molar-refractivity contribution in [3.8, 4) is 0 Å². The van der Waals surface area contributed by atoms with Crippen LogP contribution in [0.2, 0.25) is 0 Å². The van der Waals surface area contributed by atoms with Crippen molar-refractivity contribution in [1.82, 2.24) is 25.5 Å². The maximum atomic E-state index is 11.8. The van der Waals surface area contributed by atoms with Crippen LogP contribution < -0.4 is 16.6 Å². The van der Waals surface area contributed by atoms with Gasteiger partial charge in [0.15, 0.2) is 0 Å². The molecular weight excluding hydrogens is 362 g/mol. The molecule has 0 spiro atoms. The van der Waals surface area contributed by atoms with E-state index in [0.29, 0.717) is 23.6 Å². The van der Waals surface area contributed by atoms with Crippen molar-refractivity contribution in [2.24, 2.45) is 0 Å². The number of aromatic amines is 2. The smallest absolute Gasteiger partial charge is 0.325 e. The van der Waals surface area contributed by atoms with Crippen LogP contribution in [0, 0.1) is 6.92 Å². The van der Waals surface area contributed by atoms with Crippen molar-refractivity contribution in [3.63, 3.8) is 0 Å². The summed E-state index contributed by atoms with van der Waals surface area (Å²) in [5, 5.41) is 10.6. The fraction of sp³-hybridized carbons (Fsp3) is 0.267. The van der Waals surface area contributed by atoms with Crippen LogP contribution >= 0.6 is 11.8 Å². The molecule has 0 atom stereocenters. The number of furan rings is 1. The minimum atomic E-state index is -0.571. The van der Waals surface area contributed by atoms with Gasteiger partial charge in [-0.3, -0.25) is 14.6 Å². The Labute approximate surface area is 150 Å². The Morgan fingerprint density at radius 2 is 2.15 bits per heavy atom. The zero-order valence-electron chi connectivity index (χ0n) is 13.7. The quantitative estimate of drug-likeness (QED) is 0.500. The van der Waals surface area contributed by atoms with Gasteiger partial charge in [-0.15, -0.1) is 10.2 Å². The topological polar surface area (TPSA) is 147 Å². The van der Waals surface area contributed by atoms with Crippen LogP contribution in [-0.2, 0) is 17.8 Å². The maximum Gasteiger partial charge on any atom is 0.325 e. The van der Waals surface area contributed by atoms with E-state index < -0.39 is 11.2 Å². The molecule has 26 heavy (non-hydrogen) atoms. The van der Waals surface area contributed by atoms with Gasteiger partial charge in [-0.25, -0.2) is 4.79 Å². The highest BCUT2D eigenvalue weighted by molar-refractivity contribution is 7.99. The van der Waals surface area contributed by atoms with Crippen LogP contribution in [0.1, 0.15) is 22.9 Å². The first-order valence-corrected chi connectivity index (χ1v) is 8.56. The predicted molar refractivity (Wildman–Crippen MR) is 90.8 cm³/mol. The van der Waals surface area contributed by atoms with E-state index in [1.165, 1.54) is 6.26 Å². The second-order valence-corrected chi connectivity index (χ2v) is 6.22. The molecule has 3 heterocycles. The largest absolute Gasteiger partial charge is 0.467 e. The molecule has 0 fully saturated rings.